The van der Waals surface area contributed by atoms with Crippen LogP contribution in [0.4, 0.5) is 8.78 Å². The third-order valence-corrected chi connectivity index (χ3v) is 3.97. The number of hydrogen-bond acceptors (Lipinski definition) is 4. The van der Waals surface area contributed by atoms with Crippen LogP contribution in [-0.2, 0) is 9.53 Å². The number of methoxy groups -OCH3 is 1. The molecular weight excluding hydrogens is 268 g/mol. The smallest absolute Gasteiger partial charge is 0.262 e. The molecule has 20 heavy (non-hydrogen) atoms. The minimum atomic E-state index is -2.76. The highest BCUT2D eigenvalue weighted by atomic mass is 19.3. The summed E-state index contributed by atoms with van der Waals surface area (Å²) in [6.07, 6.45) is 1.32. The summed E-state index contributed by atoms with van der Waals surface area (Å²) in [5.41, 5.74) is 0. The lowest BCUT2D eigenvalue weighted by Crippen LogP contribution is -2.49. The number of nitrogens with zero attached hydrogens (tertiary/aromatic N) is 1. The summed E-state index contributed by atoms with van der Waals surface area (Å²) in [5.74, 6) is -3.05. The van der Waals surface area contributed by atoms with Crippen molar-refractivity contribution in [1.82, 2.24) is 15.5 Å². The number of halogens is 2. The Hall–Kier alpha value is -0.790. The molecule has 0 saturated carbocycles. The van der Waals surface area contributed by atoms with Crippen molar-refractivity contribution in [2.45, 2.75) is 37.3 Å². The molecule has 1 atom stereocenters. The first-order valence-electron chi connectivity index (χ1n) is 7.13. The fourth-order valence-corrected chi connectivity index (χ4v) is 2.72. The van der Waals surface area contributed by atoms with Gasteiger partial charge in [0.15, 0.2) is 0 Å². The van der Waals surface area contributed by atoms with E-state index in [0.717, 1.165) is 32.5 Å². The zero-order chi connectivity index (χ0) is 14.6. The molecule has 2 aliphatic rings. The second-order valence-corrected chi connectivity index (χ2v) is 5.61. The molecule has 0 aromatic heterocycles. The van der Waals surface area contributed by atoms with Crippen molar-refractivity contribution in [2.24, 2.45) is 0 Å². The molecule has 0 aromatic carbocycles. The van der Waals surface area contributed by atoms with Crippen LogP contribution in [0.2, 0.25) is 0 Å². The van der Waals surface area contributed by atoms with Crippen LogP contribution in [0.25, 0.3) is 0 Å². The van der Waals surface area contributed by atoms with Crippen LogP contribution in [0.1, 0.15) is 19.3 Å². The van der Waals surface area contributed by atoms with Gasteiger partial charge in [0, 0.05) is 39.2 Å². The summed E-state index contributed by atoms with van der Waals surface area (Å²) in [6.45, 7) is 3.01. The van der Waals surface area contributed by atoms with Crippen molar-refractivity contribution in [3.8, 4) is 0 Å². The summed E-state index contributed by atoms with van der Waals surface area (Å²) in [6, 6.07) is -0.658. The van der Waals surface area contributed by atoms with Gasteiger partial charge in [-0.3, -0.25) is 10.1 Å². The van der Waals surface area contributed by atoms with Gasteiger partial charge in [0.05, 0.1) is 19.2 Å². The number of piperidine rings is 1. The van der Waals surface area contributed by atoms with E-state index < -0.39 is 24.9 Å². The molecule has 1 unspecified atom stereocenters. The first kappa shape index (κ1) is 15.6. The largest absolute Gasteiger partial charge is 0.383 e. The van der Waals surface area contributed by atoms with Crippen LogP contribution in [-0.4, -0.2) is 68.7 Å². The Morgan fingerprint density at radius 1 is 1.45 bits per heavy atom. The molecule has 0 aromatic rings. The van der Waals surface area contributed by atoms with E-state index in [9.17, 15) is 13.6 Å². The van der Waals surface area contributed by atoms with Crippen molar-refractivity contribution in [3.63, 3.8) is 0 Å². The Morgan fingerprint density at radius 3 is 2.70 bits per heavy atom. The van der Waals surface area contributed by atoms with E-state index in [1.807, 2.05) is 0 Å². The minimum Gasteiger partial charge on any atom is -0.383 e. The topological polar surface area (TPSA) is 53.6 Å². The van der Waals surface area contributed by atoms with Crippen molar-refractivity contribution >= 4 is 5.91 Å². The van der Waals surface area contributed by atoms with Gasteiger partial charge in [0.25, 0.3) is 5.92 Å². The van der Waals surface area contributed by atoms with Crippen molar-refractivity contribution < 1.29 is 18.3 Å². The minimum absolute atomic E-state index is 0.0947. The molecule has 2 rings (SSSR count). The van der Waals surface area contributed by atoms with E-state index in [2.05, 4.69) is 15.5 Å². The first-order valence-corrected chi connectivity index (χ1v) is 7.13. The Labute approximate surface area is 118 Å². The second kappa shape index (κ2) is 6.78. The van der Waals surface area contributed by atoms with E-state index in [1.54, 1.807) is 7.11 Å². The van der Waals surface area contributed by atoms with E-state index >= 15 is 0 Å². The Balaban J connectivity index is 1.69. The zero-order valence-corrected chi connectivity index (χ0v) is 11.8. The van der Waals surface area contributed by atoms with Crippen molar-refractivity contribution in [1.29, 1.82) is 0 Å². The average molecular weight is 291 g/mol. The molecule has 2 fully saturated rings. The third kappa shape index (κ3) is 4.36. The number of ether oxygens (including phenoxy) is 1. The highest BCUT2D eigenvalue weighted by Crippen LogP contribution is 2.25. The number of amides is 1. The summed E-state index contributed by atoms with van der Waals surface area (Å²) >= 11 is 0. The molecule has 1 amide bonds. The first-order chi connectivity index (χ1) is 9.50. The molecular formula is C13H23F2N3O2. The lowest BCUT2D eigenvalue weighted by Gasteiger charge is -2.32. The maximum Gasteiger partial charge on any atom is 0.262 e. The predicted octanol–water partition coefficient (Wildman–Crippen LogP) is 0.211. The average Bonchev–Trinajstić information content (AvgIpc) is 2.78. The van der Waals surface area contributed by atoms with Gasteiger partial charge in [-0.05, 0) is 12.8 Å². The Morgan fingerprint density at radius 2 is 2.15 bits per heavy atom. The molecule has 0 aliphatic carbocycles. The monoisotopic (exact) mass is 291 g/mol. The van der Waals surface area contributed by atoms with Crippen LogP contribution in [0, 0.1) is 0 Å². The van der Waals surface area contributed by atoms with Gasteiger partial charge < -0.3 is 15.0 Å². The predicted molar refractivity (Wildman–Crippen MR) is 70.8 cm³/mol. The number of nitrogens with one attached hydrogen (secondary N) is 2. The molecule has 0 bridgehead atoms. The molecule has 116 valence electrons. The normalized spacial score (nSPS) is 27.6. The Bertz CT molecular complexity index is 334. The van der Waals surface area contributed by atoms with Crippen LogP contribution in [0.3, 0.4) is 0 Å². The standard InChI is InChI=1S/C13H23F2N3O2/c1-20-7-6-18-4-2-10(3-5-18)17-12(19)11-8-13(14,15)9-16-11/h10-11,16H,2-9H2,1H3,(H,17,19). The summed E-state index contributed by atoms with van der Waals surface area (Å²) < 4.78 is 31.1. The molecule has 2 aliphatic heterocycles. The SMILES string of the molecule is COCCN1CCC(NC(=O)C2CC(F)(F)CN2)CC1. The summed E-state index contributed by atoms with van der Waals surface area (Å²) in [4.78, 5) is 14.2. The second-order valence-electron chi connectivity index (χ2n) is 5.61. The Kier molecular flexibility index (Phi) is 5.29. The van der Waals surface area contributed by atoms with E-state index in [-0.39, 0.29) is 11.9 Å². The highest BCUT2D eigenvalue weighted by Gasteiger charge is 2.42. The van der Waals surface area contributed by atoms with Crippen molar-refractivity contribution in [3.05, 3.63) is 0 Å². The van der Waals surface area contributed by atoms with Gasteiger partial charge in [-0.2, -0.15) is 0 Å². The van der Waals surface area contributed by atoms with Gasteiger partial charge >= 0.3 is 0 Å². The third-order valence-electron chi connectivity index (χ3n) is 3.97. The van der Waals surface area contributed by atoms with Gasteiger partial charge in [0.2, 0.25) is 5.91 Å². The molecule has 0 radical (unpaired) electrons. The maximum atomic E-state index is 13.0. The number of hydrogen-bond donors (Lipinski definition) is 2. The van der Waals surface area contributed by atoms with Crippen molar-refractivity contribution in [2.75, 3.05) is 39.9 Å². The zero-order valence-electron chi connectivity index (χ0n) is 11.8. The van der Waals surface area contributed by atoms with E-state index in [1.165, 1.54) is 0 Å². The maximum absolute atomic E-state index is 13.0. The van der Waals surface area contributed by atoms with Crippen LogP contribution in [0.5, 0.6) is 0 Å². The number of carbonyl (C=O) groups is 1. The fraction of sp³-hybridized carbons (Fsp3) is 0.923. The van der Waals surface area contributed by atoms with Gasteiger partial charge in [-0.1, -0.05) is 0 Å². The number of likely N-dealkylation sites (tertiary alicyclic amines) is 1. The van der Waals surface area contributed by atoms with Crippen LogP contribution in [0.15, 0.2) is 0 Å². The summed E-state index contributed by atoms with van der Waals surface area (Å²) in [7, 11) is 1.68. The van der Waals surface area contributed by atoms with E-state index in [4.69, 9.17) is 4.74 Å². The van der Waals surface area contributed by atoms with Crippen LogP contribution < -0.4 is 10.6 Å². The quantitative estimate of drug-likeness (QED) is 0.760. The highest BCUT2D eigenvalue weighted by molar-refractivity contribution is 5.82. The fourth-order valence-electron chi connectivity index (χ4n) is 2.72. The van der Waals surface area contributed by atoms with Gasteiger partial charge in [0.1, 0.15) is 0 Å². The van der Waals surface area contributed by atoms with E-state index in [0.29, 0.717) is 6.61 Å². The lowest BCUT2D eigenvalue weighted by molar-refractivity contribution is -0.124. The molecule has 2 heterocycles. The molecule has 7 heteroatoms. The lowest BCUT2D eigenvalue weighted by atomic mass is 10.0. The number of alkyl halides is 2. The van der Waals surface area contributed by atoms with Gasteiger partial charge in [-0.15, -0.1) is 0 Å². The van der Waals surface area contributed by atoms with Gasteiger partial charge in [-0.25, -0.2) is 8.78 Å². The molecule has 2 N–H and O–H groups in total. The summed E-state index contributed by atoms with van der Waals surface area (Å²) in [5, 5.41) is 5.47. The molecule has 5 nitrogen and oxygen atoms in total. The number of rotatable bonds is 5. The molecule has 2 saturated heterocycles. The number of carbonyl (C=O) groups excluding carboxylic acids is 1. The molecule has 0 spiro atoms. The van der Waals surface area contributed by atoms with Crippen LogP contribution >= 0.6 is 0 Å².